The van der Waals surface area contributed by atoms with Crippen LogP contribution in [0, 0.1) is 40.8 Å². The summed E-state index contributed by atoms with van der Waals surface area (Å²) in [5, 5.41) is 0. The smallest absolute Gasteiger partial charge is 0.358 e. The topological polar surface area (TPSA) is 0 Å². The van der Waals surface area contributed by atoms with Crippen molar-refractivity contribution >= 4 is 0 Å². The maximum atomic E-state index is 3.70. The molecule has 2 aromatic rings. The summed E-state index contributed by atoms with van der Waals surface area (Å²) >= 11 is 0. The van der Waals surface area contributed by atoms with E-state index >= 15 is 0 Å². The molecule has 2 radical (unpaired) electrons. The van der Waals surface area contributed by atoms with Gasteiger partial charge in [0, 0.05) is 65.4 Å². The Morgan fingerprint density at radius 3 is 1.47 bits per heavy atom. The van der Waals surface area contributed by atoms with Crippen LogP contribution in [-0.4, -0.2) is 0 Å². The second-order valence-electron chi connectivity index (χ2n) is 2.82. The summed E-state index contributed by atoms with van der Waals surface area (Å²) in [6.07, 6.45) is 0. The first-order valence-corrected chi connectivity index (χ1v) is 4.35. The first-order valence-electron chi connectivity index (χ1n) is 4.35. The van der Waals surface area contributed by atoms with Crippen LogP contribution >= 0.6 is 0 Å². The molecular formula is C16H18WY2-4. The van der Waals surface area contributed by atoms with Gasteiger partial charge in [-0.2, -0.15) is 42.8 Å². The molecule has 0 N–H and O–H groups in total. The van der Waals surface area contributed by atoms with E-state index in [-0.39, 0.29) is 101 Å². The molecule has 98 valence electrons. The summed E-state index contributed by atoms with van der Waals surface area (Å²) in [6.45, 7) is 7.39. The third-order valence-electron chi connectivity index (χ3n) is 1.56. The van der Waals surface area contributed by atoms with Crippen LogP contribution in [0.25, 0.3) is 0 Å². The third-order valence-corrected chi connectivity index (χ3v) is 1.56. The predicted octanol–water partition coefficient (Wildman–Crippen LogP) is 4.23. The molecule has 0 unspecified atom stereocenters. The van der Waals surface area contributed by atoms with Crippen LogP contribution in [0.1, 0.15) is 11.1 Å². The summed E-state index contributed by atoms with van der Waals surface area (Å²) < 4.78 is 0. The Kier molecular flexibility index (Phi) is 36.2. The van der Waals surface area contributed by atoms with Gasteiger partial charge >= 0.3 is 21.1 Å². The van der Waals surface area contributed by atoms with Crippen molar-refractivity contribution in [3.63, 3.8) is 0 Å². The van der Waals surface area contributed by atoms with Gasteiger partial charge in [-0.15, -0.1) is 0 Å². The van der Waals surface area contributed by atoms with E-state index in [1.54, 1.807) is 0 Å². The van der Waals surface area contributed by atoms with Crippen LogP contribution in [0.4, 0.5) is 0 Å². The Balaban J connectivity index is -0.0000000544. The van der Waals surface area contributed by atoms with E-state index in [0.29, 0.717) is 0 Å². The van der Waals surface area contributed by atoms with Gasteiger partial charge in [0.2, 0.25) is 0 Å². The predicted molar refractivity (Wildman–Crippen MR) is 72.3 cm³/mol. The van der Waals surface area contributed by atoms with Gasteiger partial charge in [-0.1, -0.05) is 0 Å². The van der Waals surface area contributed by atoms with E-state index in [1.165, 1.54) is 0 Å². The zero-order valence-electron chi connectivity index (χ0n) is 11.6. The first kappa shape index (κ1) is 32.1. The zero-order chi connectivity index (χ0) is 10.2. The molecule has 0 saturated carbocycles. The fraction of sp³-hybridized carbons (Fsp3) is 0. The van der Waals surface area contributed by atoms with Gasteiger partial charge in [0.15, 0.2) is 0 Å². The summed E-state index contributed by atoms with van der Waals surface area (Å²) in [5.74, 6) is 0. The minimum absolute atomic E-state index is 0. The Morgan fingerprint density at radius 1 is 0.737 bits per heavy atom. The van der Waals surface area contributed by atoms with Crippen LogP contribution in [0.3, 0.4) is 0 Å². The van der Waals surface area contributed by atoms with Gasteiger partial charge in [-0.05, 0) is 0 Å². The van der Waals surface area contributed by atoms with Crippen molar-refractivity contribution in [3.05, 3.63) is 100 Å². The van der Waals surface area contributed by atoms with Crippen molar-refractivity contribution in [2.75, 3.05) is 0 Å². The van der Waals surface area contributed by atoms with Gasteiger partial charge in [0.05, 0.1) is 0 Å². The van der Waals surface area contributed by atoms with Crippen LogP contribution in [-0.2, 0) is 86.5 Å². The molecule has 0 spiro atoms. The van der Waals surface area contributed by atoms with E-state index in [2.05, 4.69) is 26.0 Å². The van der Waals surface area contributed by atoms with Crippen LogP contribution < -0.4 is 0 Å². The molecule has 0 aliphatic carbocycles. The van der Waals surface area contributed by atoms with Crippen molar-refractivity contribution in [1.29, 1.82) is 0 Å². The van der Waals surface area contributed by atoms with Gasteiger partial charge < -0.3 is 20.4 Å². The summed E-state index contributed by atoms with van der Waals surface area (Å²) in [4.78, 5) is 0. The molecular weight excluding hydrogens is 554 g/mol. The minimum atomic E-state index is 0. The largest absolute Gasteiger partial charge is 2.00 e. The molecule has 0 heterocycles. The summed E-state index contributed by atoms with van der Waals surface area (Å²) in [5.41, 5.74) is 2.06. The van der Waals surface area contributed by atoms with E-state index in [0.717, 1.165) is 11.1 Å². The summed E-state index contributed by atoms with van der Waals surface area (Å²) in [7, 11) is 0. The molecule has 19 heavy (non-hydrogen) atoms. The number of rotatable bonds is 0. The Bertz CT molecular complexity index is 312. The van der Waals surface area contributed by atoms with Crippen LogP contribution in [0.5, 0.6) is 0 Å². The molecule has 0 fully saturated rings. The van der Waals surface area contributed by atoms with Crippen molar-refractivity contribution in [2.24, 2.45) is 0 Å². The second kappa shape index (κ2) is 21.4. The van der Waals surface area contributed by atoms with Crippen LogP contribution in [0.15, 0.2) is 48.5 Å². The second-order valence-corrected chi connectivity index (χ2v) is 2.82. The molecule has 0 aliphatic rings. The maximum absolute atomic E-state index is 3.70. The Labute approximate surface area is 184 Å². The molecule has 0 saturated heterocycles. The molecule has 0 aliphatic heterocycles. The first-order chi connectivity index (χ1) is 6.79. The summed E-state index contributed by atoms with van der Waals surface area (Å²) in [6, 6.07) is 20.9. The third kappa shape index (κ3) is 19.1. The molecule has 0 bridgehead atoms. The molecule has 0 nitrogen and oxygen atoms in total. The maximum Gasteiger partial charge on any atom is 2.00 e. The minimum Gasteiger partial charge on any atom is -0.358 e. The van der Waals surface area contributed by atoms with Crippen LogP contribution in [0.2, 0.25) is 0 Å². The van der Waals surface area contributed by atoms with Gasteiger partial charge in [-0.3, -0.25) is 25.1 Å². The molecule has 0 aromatic heterocycles. The van der Waals surface area contributed by atoms with Crippen molar-refractivity contribution < 1.29 is 86.5 Å². The number of hydrogen-bond acceptors (Lipinski definition) is 0. The average Bonchev–Trinajstić information content (AvgIpc) is 2.21. The normalized spacial score (nSPS) is 6.32. The quantitative estimate of drug-likeness (QED) is 0.415. The zero-order valence-corrected chi connectivity index (χ0v) is 20.2. The van der Waals surface area contributed by atoms with Crippen molar-refractivity contribution in [3.8, 4) is 0 Å². The molecule has 0 amide bonds. The van der Waals surface area contributed by atoms with Crippen molar-refractivity contribution in [1.82, 2.24) is 0 Å². The van der Waals surface area contributed by atoms with E-state index < -0.39 is 0 Å². The fourth-order valence-corrected chi connectivity index (χ4v) is 0.852. The molecule has 2 aromatic carbocycles. The monoisotopic (exact) mass is 572 g/mol. The standard InChI is InChI=1S/2C7H6.2CH3.W.2Y/c2*1-7-5-3-2-4-6-7;;;;;/h3-6H,1H2;2-3,5-6H,1H2;2*1H3;;;/q2*-2;2*-1;+2;;. The number of hydrogen-bond donors (Lipinski definition) is 0. The SMILES string of the molecule is [CH2-]c1c[c-]ccc1.[CH2-]c1cc[c-]cc1.[CH3-].[CH3-].[W+2].[Y].[Y]. The van der Waals surface area contributed by atoms with E-state index in [1.807, 2.05) is 48.5 Å². The van der Waals surface area contributed by atoms with E-state index in [9.17, 15) is 0 Å². The molecule has 0 atom stereocenters. The van der Waals surface area contributed by atoms with E-state index in [4.69, 9.17) is 0 Å². The average molecular weight is 572 g/mol. The Morgan fingerprint density at radius 2 is 1.26 bits per heavy atom. The molecule has 3 heteroatoms. The van der Waals surface area contributed by atoms with Gasteiger partial charge in [0.25, 0.3) is 0 Å². The van der Waals surface area contributed by atoms with Crippen molar-refractivity contribution in [2.45, 2.75) is 0 Å². The molecule has 2 rings (SSSR count). The Hall–Kier alpha value is 1.08. The van der Waals surface area contributed by atoms with Gasteiger partial charge in [-0.25, -0.2) is 12.1 Å². The van der Waals surface area contributed by atoms with Gasteiger partial charge in [0.1, 0.15) is 0 Å². The number of benzene rings is 2. The fourth-order valence-electron chi connectivity index (χ4n) is 0.852.